The molecule has 158 valence electrons. The molecule has 1 aliphatic carbocycles. The van der Waals surface area contributed by atoms with Crippen molar-refractivity contribution in [2.45, 2.75) is 59.8 Å². The molecular weight excluding hydrogens is 376 g/mol. The van der Waals surface area contributed by atoms with Crippen LogP contribution in [0, 0.1) is 0 Å². The van der Waals surface area contributed by atoms with Crippen molar-refractivity contribution in [3.8, 4) is 33.4 Å². The van der Waals surface area contributed by atoms with E-state index in [2.05, 4.69) is 86.2 Å². The molecule has 5 rings (SSSR count). The zero-order chi connectivity index (χ0) is 21.5. The molecule has 2 heteroatoms. The van der Waals surface area contributed by atoms with E-state index in [1.807, 2.05) is 0 Å². The Balaban J connectivity index is 1.82. The highest BCUT2D eigenvalue weighted by atomic mass is 14.7. The number of aromatic amines is 2. The lowest BCUT2D eigenvalue weighted by molar-refractivity contribution is 0.994. The first-order valence-corrected chi connectivity index (χ1v) is 11.8. The Morgan fingerprint density at radius 2 is 1.23 bits per heavy atom. The minimum absolute atomic E-state index is 1.01. The van der Waals surface area contributed by atoms with Crippen LogP contribution in [0.25, 0.3) is 33.4 Å². The standard InChI is InChI=1S/C29H32N2/c1-5-19-16-24(27(7-3)30-19)23-14-13-22-21-12-10-9-11-18(21)15-25(22)29(23)26-17-20(6-2)31-28(26)8-4/h9-14,16-17,30-31H,5-8,15H2,1-4H3. The molecule has 2 N–H and O–H groups in total. The molecule has 0 atom stereocenters. The molecule has 0 bridgehead atoms. The van der Waals surface area contributed by atoms with Gasteiger partial charge in [-0.25, -0.2) is 0 Å². The molecule has 0 unspecified atom stereocenters. The molecule has 2 aromatic carbocycles. The van der Waals surface area contributed by atoms with Gasteiger partial charge in [0.05, 0.1) is 0 Å². The molecule has 2 heterocycles. The van der Waals surface area contributed by atoms with E-state index in [4.69, 9.17) is 0 Å². The molecule has 1 aliphatic rings. The third kappa shape index (κ3) is 3.17. The van der Waals surface area contributed by atoms with Crippen LogP contribution in [0.4, 0.5) is 0 Å². The molecule has 31 heavy (non-hydrogen) atoms. The number of hydrogen-bond donors (Lipinski definition) is 2. The normalized spacial score (nSPS) is 12.3. The van der Waals surface area contributed by atoms with Gasteiger partial charge < -0.3 is 9.97 Å². The van der Waals surface area contributed by atoms with Crippen molar-refractivity contribution in [2.24, 2.45) is 0 Å². The zero-order valence-corrected chi connectivity index (χ0v) is 19.2. The van der Waals surface area contributed by atoms with Gasteiger partial charge >= 0.3 is 0 Å². The van der Waals surface area contributed by atoms with Gasteiger partial charge in [0, 0.05) is 33.9 Å². The van der Waals surface area contributed by atoms with Crippen LogP contribution < -0.4 is 0 Å². The van der Waals surface area contributed by atoms with Crippen LogP contribution in [-0.4, -0.2) is 9.97 Å². The SMILES string of the molecule is CCc1cc(-c2ccc3c(c2-c2cc(CC)[nH]c2CC)Cc2ccccc2-3)c(CC)[nH]1. The highest BCUT2D eigenvalue weighted by Gasteiger charge is 2.27. The van der Waals surface area contributed by atoms with Crippen molar-refractivity contribution >= 4 is 0 Å². The van der Waals surface area contributed by atoms with Crippen molar-refractivity contribution < 1.29 is 0 Å². The maximum Gasteiger partial charge on any atom is 0.0226 e. The molecule has 0 radical (unpaired) electrons. The summed E-state index contributed by atoms with van der Waals surface area (Å²) in [6.07, 6.45) is 5.10. The van der Waals surface area contributed by atoms with Gasteiger partial charge in [-0.1, -0.05) is 64.1 Å². The Bertz CT molecular complexity index is 1250. The van der Waals surface area contributed by atoms with E-state index in [-0.39, 0.29) is 0 Å². The quantitative estimate of drug-likeness (QED) is 0.291. The third-order valence-corrected chi connectivity index (χ3v) is 6.93. The highest BCUT2D eigenvalue weighted by molar-refractivity contribution is 5.95. The first-order chi connectivity index (χ1) is 15.2. The Morgan fingerprint density at radius 3 is 1.90 bits per heavy atom. The zero-order valence-electron chi connectivity index (χ0n) is 19.2. The molecule has 0 aliphatic heterocycles. The number of fused-ring (bicyclic) bond motifs is 3. The summed E-state index contributed by atoms with van der Waals surface area (Å²) in [5.41, 5.74) is 16.6. The molecule has 0 amide bonds. The second kappa shape index (κ2) is 7.92. The molecule has 0 fully saturated rings. The average molecular weight is 409 g/mol. The van der Waals surface area contributed by atoms with Crippen LogP contribution in [0.2, 0.25) is 0 Å². The van der Waals surface area contributed by atoms with Gasteiger partial charge in [0.2, 0.25) is 0 Å². The van der Waals surface area contributed by atoms with Crippen molar-refractivity contribution in [2.75, 3.05) is 0 Å². The molecule has 0 saturated carbocycles. The second-order valence-electron chi connectivity index (χ2n) is 8.64. The molecule has 2 nitrogen and oxygen atoms in total. The summed E-state index contributed by atoms with van der Waals surface area (Å²) >= 11 is 0. The van der Waals surface area contributed by atoms with Crippen molar-refractivity contribution in [3.05, 3.63) is 82.4 Å². The third-order valence-electron chi connectivity index (χ3n) is 6.93. The van der Waals surface area contributed by atoms with E-state index in [9.17, 15) is 0 Å². The van der Waals surface area contributed by atoms with Gasteiger partial charge in [-0.05, 0) is 77.6 Å². The molecule has 2 aromatic heterocycles. The first-order valence-electron chi connectivity index (χ1n) is 11.8. The van der Waals surface area contributed by atoms with E-state index in [0.29, 0.717) is 0 Å². The van der Waals surface area contributed by atoms with E-state index >= 15 is 0 Å². The van der Waals surface area contributed by atoms with E-state index in [1.54, 1.807) is 0 Å². The summed E-state index contributed by atoms with van der Waals surface area (Å²) < 4.78 is 0. The van der Waals surface area contributed by atoms with Gasteiger partial charge in [0.15, 0.2) is 0 Å². The first kappa shape index (κ1) is 19.9. The summed E-state index contributed by atoms with van der Waals surface area (Å²) in [7, 11) is 0. The lowest BCUT2D eigenvalue weighted by atomic mass is 9.87. The number of hydrogen-bond acceptors (Lipinski definition) is 0. The van der Waals surface area contributed by atoms with Crippen molar-refractivity contribution in [1.29, 1.82) is 0 Å². The molecule has 0 saturated heterocycles. The van der Waals surface area contributed by atoms with Crippen LogP contribution in [-0.2, 0) is 32.1 Å². The smallest absolute Gasteiger partial charge is 0.0226 e. The van der Waals surface area contributed by atoms with Crippen molar-refractivity contribution in [1.82, 2.24) is 9.97 Å². The predicted octanol–water partition coefficient (Wildman–Crippen LogP) is 7.50. The molecule has 4 aromatic rings. The minimum Gasteiger partial charge on any atom is -0.362 e. The van der Waals surface area contributed by atoms with Crippen LogP contribution in [0.5, 0.6) is 0 Å². The van der Waals surface area contributed by atoms with Crippen molar-refractivity contribution in [3.63, 3.8) is 0 Å². The van der Waals surface area contributed by atoms with Gasteiger partial charge in [-0.15, -0.1) is 0 Å². The number of H-pyrrole nitrogens is 2. The summed E-state index contributed by atoms with van der Waals surface area (Å²) in [6.45, 7) is 8.97. The average Bonchev–Trinajstić information content (AvgIpc) is 3.52. The largest absolute Gasteiger partial charge is 0.362 e. The van der Waals surface area contributed by atoms with Gasteiger partial charge in [0.1, 0.15) is 0 Å². The van der Waals surface area contributed by atoms with E-state index in [0.717, 1.165) is 32.1 Å². The fraction of sp³-hybridized carbons (Fsp3) is 0.310. The molecular formula is C29H32N2. The molecule has 0 spiro atoms. The minimum atomic E-state index is 1.01. The summed E-state index contributed by atoms with van der Waals surface area (Å²) in [5, 5.41) is 0. The number of aromatic nitrogens is 2. The fourth-order valence-electron chi connectivity index (χ4n) is 5.26. The lowest BCUT2D eigenvalue weighted by Gasteiger charge is -2.16. The number of nitrogens with one attached hydrogen (secondary N) is 2. The number of aryl methyl sites for hydroxylation is 4. The Labute approximate surface area is 185 Å². The second-order valence-corrected chi connectivity index (χ2v) is 8.64. The maximum absolute atomic E-state index is 3.71. The van der Waals surface area contributed by atoms with E-state index < -0.39 is 0 Å². The Kier molecular flexibility index (Phi) is 5.09. The van der Waals surface area contributed by atoms with Gasteiger partial charge in [-0.2, -0.15) is 0 Å². The summed E-state index contributed by atoms with van der Waals surface area (Å²) in [6, 6.07) is 18.4. The fourth-order valence-corrected chi connectivity index (χ4v) is 5.26. The van der Waals surface area contributed by atoms with E-state index in [1.165, 1.54) is 67.3 Å². The van der Waals surface area contributed by atoms with Crippen LogP contribution in [0.15, 0.2) is 48.5 Å². The highest BCUT2D eigenvalue weighted by Crippen LogP contribution is 2.47. The van der Waals surface area contributed by atoms with Crippen LogP contribution in [0.3, 0.4) is 0 Å². The number of benzene rings is 2. The van der Waals surface area contributed by atoms with Gasteiger partial charge in [-0.3, -0.25) is 0 Å². The van der Waals surface area contributed by atoms with Gasteiger partial charge in [0.25, 0.3) is 0 Å². The summed E-state index contributed by atoms with van der Waals surface area (Å²) in [5.74, 6) is 0. The number of rotatable bonds is 6. The Hall–Kier alpha value is -3.00. The van der Waals surface area contributed by atoms with Crippen LogP contribution in [0.1, 0.15) is 61.6 Å². The van der Waals surface area contributed by atoms with Crippen LogP contribution >= 0.6 is 0 Å². The summed E-state index contributed by atoms with van der Waals surface area (Å²) in [4.78, 5) is 7.39. The Morgan fingerprint density at radius 1 is 0.613 bits per heavy atom. The maximum atomic E-state index is 3.71. The topological polar surface area (TPSA) is 31.6 Å². The predicted molar refractivity (Wildman–Crippen MR) is 132 cm³/mol. The lowest BCUT2D eigenvalue weighted by Crippen LogP contribution is -1.96. The monoisotopic (exact) mass is 408 g/mol.